The van der Waals surface area contributed by atoms with Crippen LogP contribution < -0.4 is 5.73 Å². The van der Waals surface area contributed by atoms with Crippen LogP contribution in [0.5, 0.6) is 0 Å². The lowest BCUT2D eigenvalue weighted by molar-refractivity contribution is 0.0220. The van der Waals surface area contributed by atoms with Crippen LogP contribution in [0.4, 0.5) is 0 Å². The summed E-state index contributed by atoms with van der Waals surface area (Å²) in [5.74, 6) is 0. The van der Waals surface area contributed by atoms with Gasteiger partial charge in [-0.25, -0.2) is 0 Å². The molecule has 0 aromatic rings. The molecule has 14 heavy (non-hydrogen) atoms. The normalized spacial score (nSPS) is 31.7. The van der Waals surface area contributed by atoms with Crippen LogP contribution in [-0.4, -0.2) is 43.3 Å². The summed E-state index contributed by atoms with van der Waals surface area (Å²) >= 11 is 0. The monoisotopic (exact) mass is 200 g/mol. The van der Waals surface area contributed by atoms with Crippen LogP contribution in [0.2, 0.25) is 0 Å². The second-order valence-electron chi connectivity index (χ2n) is 4.42. The van der Waals surface area contributed by atoms with Gasteiger partial charge >= 0.3 is 0 Å². The van der Waals surface area contributed by atoms with Crippen LogP contribution in [0.3, 0.4) is 0 Å². The quantitative estimate of drug-likeness (QED) is 0.741. The van der Waals surface area contributed by atoms with E-state index in [9.17, 15) is 0 Å². The Kier molecular flexibility index (Phi) is 4.85. The van der Waals surface area contributed by atoms with E-state index in [1.54, 1.807) is 7.11 Å². The van der Waals surface area contributed by atoms with Crippen molar-refractivity contribution in [3.8, 4) is 0 Å². The summed E-state index contributed by atoms with van der Waals surface area (Å²) in [6, 6.07) is 1.37. The first-order valence-electron chi connectivity index (χ1n) is 5.67. The van der Waals surface area contributed by atoms with Gasteiger partial charge in [0.05, 0.1) is 6.10 Å². The van der Waals surface area contributed by atoms with E-state index >= 15 is 0 Å². The SMILES string of the molecule is COC(CN)CN1C(C)CCCC1C. The number of hydrogen-bond donors (Lipinski definition) is 1. The van der Waals surface area contributed by atoms with Gasteiger partial charge in [0.2, 0.25) is 0 Å². The van der Waals surface area contributed by atoms with Crippen LogP contribution in [0.25, 0.3) is 0 Å². The van der Waals surface area contributed by atoms with E-state index in [4.69, 9.17) is 10.5 Å². The summed E-state index contributed by atoms with van der Waals surface area (Å²) in [7, 11) is 1.75. The zero-order valence-electron chi connectivity index (χ0n) is 9.70. The number of likely N-dealkylation sites (tertiary alicyclic amines) is 1. The second-order valence-corrected chi connectivity index (χ2v) is 4.42. The van der Waals surface area contributed by atoms with Crippen molar-refractivity contribution < 1.29 is 4.74 Å². The maximum absolute atomic E-state index is 5.64. The smallest absolute Gasteiger partial charge is 0.0820 e. The van der Waals surface area contributed by atoms with Gasteiger partial charge in [0, 0.05) is 32.3 Å². The number of ether oxygens (including phenoxy) is 1. The van der Waals surface area contributed by atoms with Crippen LogP contribution in [0.1, 0.15) is 33.1 Å². The van der Waals surface area contributed by atoms with Crippen molar-refractivity contribution in [1.82, 2.24) is 4.90 Å². The topological polar surface area (TPSA) is 38.5 Å². The summed E-state index contributed by atoms with van der Waals surface area (Å²) < 4.78 is 5.33. The lowest BCUT2D eigenvalue weighted by Gasteiger charge is -2.40. The first kappa shape index (κ1) is 12.0. The van der Waals surface area contributed by atoms with E-state index in [2.05, 4.69) is 18.7 Å². The molecule has 3 nitrogen and oxygen atoms in total. The largest absolute Gasteiger partial charge is 0.379 e. The lowest BCUT2D eigenvalue weighted by Crippen LogP contribution is -2.49. The number of piperidine rings is 1. The zero-order chi connectivity index (χ0) is 10.6. The average molecular weight is 200 g/mol. The molecule has 0 bridgehead atoms. The molecule has 0 saturated carbocycles. The van der Waals surface area contributed by atoms with E-state index in [0.717, 1.165) is 6.54 Å². The van der Waals surface area contributed by atoms with Crippen LogP contribution >= 0.6 is 0 Å². The first-order chi connectivity index (χ1) is 6.69. The third kappa shape index (κ3) is 2.94. The van der Waals surface area contributed by atoms with Crippen molar-refractivity contribution in [3.05, 3.63) is 0 Å². The summed E-state index contributed by atoms with van der Waals surface area (Å²) in [6.45, 7) is 6.21. The Labute approximate surface area is 87.6 Å². The number of nitrogens with zero attached hydrogens (tertiary/aromatic N) is 1. The molecule has 1 aliphatic heterocycles. The average Bonchev–Trinajstić information content (AvgIpc) is 2.18. The maximum atomic E-state index is 5.64. The minimum absolute atomic E-state index is 0.193. The highest BCUT2D eigenvalue weighted by Crippen LogP contribution is 2.22. The summed E-state index contributed by atoms with van der Waals surface area (Å²) in [4.78, 5) is 2.53. The van der Waals surface area contributed by atoms with Crippen molar-refractivity contribution >= 4 is 0 Å². The Balaban J connectivity index is 2.46. The maximum Gasteiger partial charge on any atom is 0.0820 e. The highest BCUT2D eigenvalue weighted by molar-refractivity contribution is 4.81. The molecule has 84 valence electrons. The molecule has 0 spiro atoms. The zero-order valence-corrected chi connectivity index (χ0v) is 9.70. The van der Waals surface area contributed by atoms with Crippen LogP contribution in [0.15, 0.2) is 0 Å². The van der Waals surface area contributed by atoms with Gasteiger partial charge in [0.25, 0.3) is 0 Å². The minimum Gasteiger partial charge on any atom is -0.379 e. The lowest BCUT2D eigenvalue weighted by atomic mass is 9.97. The third-order valence-corrected chi connectivity index (χ3v) is 3.39. The number of rotatable bonds is 4. The molecule has 1 saturated heterocycles. The molecule has 1 rings (SSSR count). The highest BCUT2D eigenvalue weighted by Gasteiger charge is 2.26. The van der Waals surface area contributed by atoms with Gasteiger partial charge < -0.3 is 10.5 Å². The predicted molar refractivity (Wildman–Crippen MR) is 59.3 cm³/mol. The summed E-state index contributed by atoms with van der Waals surface area (Å²) in [5, 5.41) is 0. The fourth-order valence-electron chi connectivity index (χ4n) is 2.32. The Morgan fingerprint density at radius 2 is 1.93 bits per heavy atom. The molecular formula is C11H24N2O. The molecule has 3 heteroatoms. The molecular weight excluding hydrogens is 176 g/mol. The van der Waals surface area contributed by atoms with Gasteiger partial charge in [-0.3, -0.25) is 4.90 Å². The van der Waals surface area contributed by atoms with E-state index in [-0.39, 0.29) is 6.10 Å². The van der Waals surface area contributed by atoms with Gasteiger partial charge in [-0.05, 0) is 26.7 Å². The fraction of sp³-hybridized carbons (Fsp3) is 1.00. The van der Waals surface area contributed by atoms with E-state index in [1.807, 2.05) is 0 Å². The van der Waals surface area contributed by atoms with Crippen molar-refractivity contribution in [2.75, 3.05) is 20.2 Å². The van der Waals surface area contributed by atoms with Crippen molar-refractivity contribution in [3.63, 3.8) is 0 Å². The molecule has 3 unspecified atom stereocenters. The van der Waals surface area contributed by atoms with E-state index in [0.29, 0.717) is 18.6 Å². The van der Waals surface area contributed by atoms with Crippen molar-refractivity contribution in [2.24, 2.45) is 5.73 Å². The molecule has 3 atom stereocenters. The standard InChI is InChI=1S/C11H24N2O/c1-9-5-4-6-10(2)13(9)8-11(7-12)14-3/h9-11H,4-8,12H2,1-3H3. The van der Waals surface area contributed by atoms with Gasteiger partial charge in [-0.2, -0.15) is 0 Å². The predicted octanol–water partition coefficient (Wildman–Crippen LogP) is 1.22. The Morgan fingerprint density at radius 1 is 1.36 bits per heavy atom. The molecule has 0 amide bonds. The minimum atomic E-state index is 0.193. The molecule has 0 aliphatic carbocycles. The number of methoxy groups -OCH3 is 1. The molecule has 1 heterocycles. The van der Waals surface area contributed by atoms with Crippen molar-refractivity contribution in [2.45, 2.75) is 51.3 Å². The van der Waals surface area contributed by atoms with E-state index in [1.165, 1.54) is 19.3 Å². The first-order valence-corrected chi connectivity index (χ1v) is 5.67. The van der Waals surface area contributed by atoms with Gasteiger partial charge in [0.1, 0.15) is 0 Å². The Bertz CT molecular complexity index is 149. The molecule has 2 N–H and O–H groups in total. The third-order valence-electron chi connectivity index (χ3n) is 3.39. The van der Waals surface area contributed by atoms with Gasteiger partial charge in [-0.1, -0.05) is 6.42 Å². The van der Waals surface area contributed by atoms with Crippen LogP contribution in [0, 0.1) is 0 Å². The van der Waals surface area contributed by atoms with Crippen LogP contribution in [-0.2, 0) is 4.74 Å². The second kappa shape index (κ2) is 5.69. The highest BCUT2D eigenvalue weighted by atomic mass is 16.5. The fourth-order valence-corrected chi connectivity index (χ4v) is 2.32. The summed E-state index contributed by atoms with van der Waals surface area (Å²) in [6.07, 6.45) is 4.17. The Hall–Kier alpha value is -0.120. The van der Waals surface area contributed by atoms with Gasteiger partial charge in [0.15, 0.2) is 0 Å². The van der Waals surface area contributed by atoms with E-state index < -0.39 is 0 Å². The van der Waals surface area contributed by atoms with Gasteiger partial charge in [-0.15, -0.1) is 0 Å². The van der Waals surface area contributed by atoms with Crippen molar-refractivity contribution in [1.29, 1.82) is 0 Å². The molecule has 0 aromatic carbocycles. The molecule has 0 aromatic heterocycles. The molecule has 0 radical (unpaired) electrons. The Morgan fingerprint density at radius 3 is 2.36 bits per heavy atom. The summed E-state index contributed by atoms with van der Waals surface area (Å²) in [5.41, 5.74) is 5.64. The molecule has 1 aliphatic rings. The molecule has 1 fully saturated rings. The number of hydrogen-bond acceptors (Lipinski definition) is 3. The number of nitrogens with two attached hydrogens (primary N) is 1.